The molecule has 0 spiro atoms. The van der Waals surface area contributed by atoms with Crippen LogP contribution in [0.25, 0.3) is 0 Å². The lowest BCUT2D eigenvalue weighted by atomic mass is 9.60. The molecule has 19 heavy (non-hydrogen) atoms. The molecule has 0 fully saturated rings. The van der Waals surface area contributed by atoms with E-state index in [1.165, 1.54) is 11.1 Å². The standard InChI is InChI=1S/C18H21N/c1-17(2,14-19)18(3,15-10-6-4-7-11-15)16-12-8-5-9-13-16/h4-14,19H,1-3H3. The van der Waals surface area contributed by atoms with Crippen LogP contribution >= 0.6 is 0 Å². The highest BCUT2D eigenvalue weighted by Gasteiger charge is 2.42. The summed E-state index contributed by atoms with van der Waals surface area (Å²) in [4.78, 5) is 0. The van der Waals surface area contributed by atoms with Crippen molar-refractivity contribution in [3.05, 3.63) is 71.8 Å². The minimum Gasteiger partial charge on any atom is -0.313 e. The second kappa shape index (κ2) is 5.00. The Morgan fingerprint density at radius 1 is 0.737 bits per heavy atom. The van der Waals surface area contributed by atoms with Gasteiger partial charge in [-0.1, -0.05) is 81.4 Å². The molecule has 0 saturated heterocycles. The Morgan fingerprint density at radius 2 is 1.11 bits per heavy atom. The summed E-state index contributed by atoms with van der Waals surface area (Å²) in [5.74, 6) is 0. The summed E-state index contributed by atoms with van der Waals surface area (Å²) in [6.45, 7) is 6.47. The molecule has 0 aliphatic carbocycles. The molecule has 0 radical (unpaired) electrons. The fourth-order valence-electron chi connectivity index (χ4n) is 2.60. The molecule has 0 unspecified atom stereocenters. The van der Waals surface area contributed by atoms with Crippen LogP contribution < -0.4 is 0 Å². The number of nitrogens with one attached hydrogen (secondary N) is 1. The molecule has 0 aromatic heterocycles. The highest BCUT2D eigenvalue weighted by molar-refractivity contribution is 5.67. The zero-order chi connectivity index (χ0) is 13.9. The van der Waals surface area contributed by atoms with E-state index >= 15 is 0 Å². The van der Waals surface area contributed by atoms with E-state index in [0.29, 0.717) is 0 Å². The van der Waals surface area contributed by atoms with Gasteiger partial charge in [0.2, 0.25) is 0 Å². The zero-order valence-electron chi connectivity index (χ0n) is 11.9. The lowest BCUT2D eigenvalue weighted by Crippen LogP contribution is -2.41. The van der Waals surface area contributed by atoms with Crippen LogP contribution in [0.5, 0.6) is 0 Å². The molecule has 1 nitrogen and oxygen atoms in total. The topological polar surface area (TPSA) is 23.9 Å². The van der Waals surface area contributed by atoms with Crippen molar-refractivity contribution in [2.75, 3.05) is 0 Å². The van der Waals surface area contributed by atoms with Crippen LogP contribution in [0.2, 0.25) is 0 Å². The van der Waals surface area contributed by atoms with Crippen molar-refractivity contribution >= 4 is 6.21 Å². The van der Waals surface area contributed by atoms with E-state index < -0.39 is 0 Å². The third-order valence-corrected chi connectivity index (χ3v) is 4.35. The molecule has 1 N–H and O–H groups in total. The molecule has 98 valence electrons. The first-order valence-corrected chi connectivity index (χ1v) is 6.65. The van der Waals surface area contributed by atoms with Crippen molar-refractivity contribution < 1.29 is 0 Å². The molecule has 0 atom stereocenters. The Hall–Kier alpha value is -1.89. The third kappa shape index (κ3) is 2.21. The zero-order valence-corrected chi connectivity index (χ0v) is 11.9. The Kier molecular flexibility index (Phi) is 3.57. The first kappa shape index (κ1) is 13.5. The summed E-state index contributed by atoms with van der Waals surface area (Å²) in [6.07, 6.45) is 1.56. The second-order valence-electron chi connectivity index (χ2n) is 5.72. The first-order valence-electron chi connectivity index (χ1n) is 6.65. The van der Waals surface area contributed by atoms with Gasteiger partial charge in [0.1, 0.15) is 0 Å². The maximum Gasteiger partial charge on any atom is 0.0274 e. The summed E-state index contributed by atoms with van der Waals surface area (Å²) in [6, 6.07) is 20.9. The van der Waals surface area contributed by atoms with E-state index in [9.17, 15) is 0 Å². The average molecular weight is 251 g/mol. The van der Waals surface area contributed by atoms with Gasteiger partial charge in [0.25, 0.3) is 0 Å². The lowest BCUT2D eigenvalue weighted by molar-refractivity contribution is 0.329. The molecule has 1 heteroatoms. The molecule has 0 amide bonds. The van der Waals surface area contributed by atoms with Crippen molar-refractivity contribution in [2.45, 2.75) is 26.2 Å². The Morgan fingerprint density at radius 3 is 1.42 bits per heavy atom. The number of benzene rings is 2. The summed E-state index contributed by atoms with van der Waals surface area (Å²) in [5, 5.41) is 7.83. The largest absolute Gasteiger partial charge is 0.313 e. The normalized spacial score (nSPS) is 12.2. The smallest absolute Gasteiger partial charge is 0.0274 e. The van der Waals surface area contributed by atoms with Crippen LogP contribution in [0.4, 0.5) is 0 Å². The van der Waals surface area contributed by atoms with Gasteiger partial charge in [-0.25, -0.2) is 0 Å². The minimum atomic E-state index is -0.254. The van der Waals surface area contributed by atoms with Gasteiger partial charge in [-0.05, 0) is 11.1 Å². The van der Waals surface area contributed by atoms with Crippen molar-refractivity contribution in [1.29, 1.82) is 5.41 Å². The minimum absolute atomic E-state index is 0.211. The van der Waals surface area contributed by atoms with Crippen molar-refractivity contribution in [2.24, 2.45) is 5.41 Å². The van der Waals surface area contributed by atoms with Crippen LogP contribution in [-0.4, -0.2) is 6.21 Å². The monoisotopic (exact) mass is 251 g/mol. The van der Waals surface area contributed by atoms with Crippen LogP contribution in [0.3, 0.4) is 0 Å². The Labute approximate surface area is 115 Å². The number of hydrogen-bond acceptors (Lipinski definition) is 1. The van der Waals surface area contributed by atoms with E-state index in [-0.39, 0.29) is 10.8 Å². The van der Waals surface area contributed by atoms with Crippen LogP contribution in [0, 0.1) is 10.8 Å². The fourth-order valence-corrected chi connectivity index (χ4v) is 2.60. The third-order valence-electron chi connectivity index (χ3n) is 4.35. The van der Waals surface area contributed by atoms with Gasteiger partial charge in [0.05, 0.1) is 0 Å². The SMILES string of the molecule is CC(C)(C=N)C(C)(c1ccccc1)c1ccccc1. The Bertz CT molecular complexity index is 501. The summed E-state index contributed by atoms with van der Waals surface area (Å²) in [7, 11) is 0. The van der Waals surface area contributed by atoms with Crippen molar-refractivity contribution in [3.8, 4) is 0 Å². The van der Waals surface area contributed by atoms with Crippen LogP contribution in [0.1, 0.15) is 31.9 Å². The highest BCUT2D eigenvalue weighted by Crippen LogP contribution is 2.45. The molecule has 2 aromatic carbocycles. The van der Waals surface area contributed by atoms with Crippen molar-refractivity contribution in [1.82, 2.24) is 0 Å². The molecule has 2 aromatic rings. The quantitative estimate of drug-likeness (QED) is 0.764. The van der Waals surface area contributed by atoms with Crippen LogP contribution in [0.15, 0.2) is 60.7 Å². The van der Waals surface area contributed by atoms with Gasteiger partial charge in [-0.3, -0.25) is 0 Å². The Balaban J connectivity index is 2.68. The molecular formula is C18H21N. The highest BCUT2D eigenvalue weighted by atomic mass is 14.5. The van der Waals surface area contributed by atoms with Gasteiger partial charge < -0.3 is 5.41 Å². The predicted octanol–water partition coefficient (Wildman–Crippen LogP) is 4.67. The van der Waals surface area contributed by atoms with E-state index in [2.05, 4.69) is 69.3 Å². The maximum atomic E-state index is 7.83. The van der Waals surface area contributed by atoms with Crippen molar-refractivity contribution in [3.63, 3.8) is 0 Å². The molecule has 0 aliphatic heterocycles. The molecule has 0 bridgehead atoms. The molecular weight excluding hydrogens is 230 g/mol. The molecule has 0 heterocycles. The van der Waals surface area contributed by atoms with Gasteiger partial charge in [-0.2, -0.15) is 0 Å². The molecule has 0 aliphatic rings. The van der Waals surface area contributed by atoms with E-state index in [0.717, 1.165) is 0 Å². The van der Waals surface area contributed by atoms with E-state index in [1.54, 1.807) is 6.21 Å². The average Bonchev–Trinajstić information content (AvgIpc) is 2.48. The predicted molar refractivity (Wildman–Crippen MR) is 81.9 cm³/mol. The number of rotatable bonds is 4. The van der Waals surface area contributed by atoms with Gasteiger partial charge in [0, 0.05) is 17.0 Å². The maximum absolute atomic E-state index is 7.83. The van der Waals surface area contributed by atoms with Gasteiger partial charge in [0.15, 0.2) is 0 Å². The molecule has 2 rings (SSSR count). The van der Waals surface area contributed by atoms with Gasteiger partial charge in [-0.15, -0.1) is 0 Å². The fraction of sp³-hybridized carbons (Fsp3) is 0.278. The van der Waals surface area contributed by atoms with Gasteiger partial charge >= 0.3 is 0 Å². The van der Waals surface area contributed by atoms with Crippen LogP contribution in [-0.2, 0) is 5.41 Å². The summed E-state index contributed by atoms with van der Waals surface area (Å²) < 4.78 is 0. The first-order chi connectivity index (χ1) is 9.02. The summed E-state index contributed by atoms with van der Waals surface area (Å²) >= 11 is 0. The number of hydrogen-bond donors (Lipinski definition) is 1. The molecule has 0 saturated carbocycles. The van der Waals surface area contributed by atoms with E-state index in [4.69, 9.17) is 5.41 Å². The second-order valence-corrected chi connectivity index (χ2v) is 5.72. The lowest BCUT2D eigenvalue weighted by Gasteiger charge is -2.43. The summed E-state index contributed by atoms with van der Waals surface area (Å²) in [5.41, 5.74) is 2.02. The van der Waals surface area contributed by atoms with E-state index in [1.807, 2.05) is 12.1 Å².